The molecule has 0 saturated heterocycles. The third-order valence-electron chi connectivity index (χ3n) is 2.83. The molecule has 0 amide bonds. The summed E-state index contributed by atoms with van der Waals surface area (Å²) in [5.74, 6) is 0.684. The summed E-state index contributed by atoms with van der Waals surface area (Å²) >= 11 is 0. The van der Waals surface area contributed by atoms with E-state index in [0.717, 1.165) is 5.69 Å². The molecule has 21 heavy (non-hydrogen) atoms. The number of hydrogen-bond donors (Lipinski definition) is 1. The third kappa shape index (κ3) is 2.76. The highest BCUT2D eigenvalue weighted by Gasteiger charge is 2.11. The molecule has 0 unspecified atom stereocenters. The van der Waals surface area contributed by atoms with Crippen molar-refractivity contribution in [1.82, 2.24) is 15.0 Å². The first-order valence-corrected chi connectivity index (χ1v) is 6.40. The fourth-order valence-electron chi connectivity index (χ4n) is 1.80. The van der Waals surface area contributed by atoms with Crippen molar-refractivity contribution in [3.8, 4) is 17.5 Å². The largest absolute Gasteiger partial charge is 0.475 e. The maximum absolute atomic E-state index is 12.1. The van der Waals surface area contributed by atoms with E-state index in [9.17, 15) is 4.39 Å². The predicted octanol–water partition coefficient (Wildman–Crippen LogP) is 2.67. The van der Waals surface area contributed by atoms with Gasteiger partial charge in [0.2, 0.25) is 11.8 Å². The highest BCUT2D eigenvalue weighted by Crippen LogP contribution is 2.24. The van der Waals surface area contributed by atoms with Crippen molar-refractivity contribution in [2.75, 3.05) is 25.6 Å². The van der Waals surface area contributed by atoms with Gasteiger partial charge in [0, 0.05) is 13.1 Å². The molecule has 7 heteroatoms. The normalized spacial score (nSPS) is 10.8. The molecule has 0 aliphatic rings. The number of alkyl halides is 1. The first-order chi connectivity index (χ1) is 10.3. The van der Waals surface area contributed by atoms with Crippen LogP contribution in [0.15, 0.2) is 34.9 Å². The summed E-state index contributed by atoms with van der Waals surface area (Å²) in [4.78, 5) is 12.7. The van der Waals surface area contributed by atoms with Crippen molar-refractivity contribution < 1.29 is 13.5 Å². The Bertz CT molecular complexity index is 742. The van der Waals surface area contributed by atoms with Gasteiger partial charge in [0.1, 0.15) is 24.5 Å². The first-order valence-electron chi connectivity index (χ1n) is 6.40. The second-order valence-corrected chi connectivity index (χ2v) is 4.21. The topological polar surface area (TPSA) is 73.1 Å². The molecule has 6 nitrogen and oxygen atoms in total. The standard InChI is InChI=1S/C14H13FN4O2/c1-16-9-2-3-10(17-8-9)13-18-11-4-5-12(20-7-6-15)19-14(11)21-13/h2-5,8,16H,6-7H2,1H3. The van der Waals surface area contributed by atoms with Crippen molar-refractivity contribution in [2.24, 2.45) is 0 Å². The molecule has 0 spiro atoms. The lowest BCUT2D eigenvalue weighted by Gasteiger charge is -2.00. The molecule has 0 aliphatic carbocycles. The average molecular weight is 288 g/mol. The highest BCUT2D eigenvalue weighted by atomic mass is 19.1. The molecular weight excluding hydrogens is 275 g/mol. The number of nitrogens with zero attached hydrogens (tertiary/aromatic N) is 3. The van der Waals surface area contributed by atoms with E-state index in [0.29, 0.717) is 28.7 Å². The summed E-state index contributed by atoms with van der Waals surface area (Å²) in [6.07, 6.45) is 1.69. The van der Waals surface area contributed by atoms with Crippen LogP contribution < -0.4 is 10.1 Å². The van der Waals surface area contributed by atoms with Crippen molar-refractivity contribution >= 4 is 16.9 Å². The van der Waals surface area contributed by atoms with Crippen LogP contribution in [0.5, 0.6) is 5.88 Å². The number of pyridine rings is 2. The van der Waals surface area contributed by atoms with E-state index < -0.39 is 6.67 Å². The second-order valence-electron chi connectivity index (χ2n) is 4.21. The molecule has 3 rings (SSSR count). The van der Waals surface area contributed by atoms with Gasteiger partial charge in [-0.25, -0.2) is 14.4 Å². The second kappa shape index (κ2) is 5.74. The number of hydrogen-bond acceptors (Lipinski definition) is 6. The number of rotatable bonds is 5. The van der Waals surface area contributed by atoms with Crippen molar-refractivity contribution in [3.05, 3.63) is 30.5 Å². The van der Waals surface area contributed by atoms with E-state index in [2.05, 4.69) is 20.3 Å². The summed E-state index contributed by atoms with van der Waals surface area (Å²) in [5, 5.41) is 2.99. The van der Waals surface area contributed by atoms with E-state index in [1.165, 1.54) is 0 Å². The Balaban J connectivity index is 1.92. The minimum absolute atomic E-state index is 0.0352. The van der Waals surface area contributed by atoms with Crippen molar-refractivity contribution in [1.29, 1.82) is 0 Å². The zero-order valence-electron chi connectivity index (χ0n) is 11.3. The molecule has 0 aliphatic heterocycles. The van der Waals surface area contributed by atoms with Crippen LogP contribution in [-0.4, -0.2) is 35.3 Å². The number of halogens is 1. The van der Waals surface area contributed by atoms with Gasteiger partial charge >= 0.3 is 0 Å². The lowest BCUT2D eigenvalue weighted by molar-refractivity contribution is 0.264. The Labute approximate surface area is 120 Å². The number of aromatic nitrogens is 3. The summed E-state index contributed by atoms with van der Waals surface area (Å²) in [6.45, 7) is -0.602. The van der Waals surface area contributed by atoms with Gasteiger partial charge in [0.05, 0.1) is 11.9 Å². The van der Waals surface area contributed by atoms with E-state index in [-0.39, 0.29) is 6.61 Å². The number of fused-ring (bicyclic) bond motifs is 1. The minimum Gasteiger partial charge on any atom is -0.475 e. The predicted molar refractivity (Wildman–Crippen MR) is 76.1 cm³/mol. The van der Waals surface area contributed by atoms with E-state index >= 15 is 0 Å². The molecule has 3 aromatic heterocycles. The van der Waals surface area contributed by atoms with Gasteiger partial charge in [-0.3, -0.25) is 0 Å². The maximum atomic E-state index is 12.1. The van der Waals surface area contributed by atoms with Crippen LogP contribution in [0.25, 0.3) is 22.8 Å². The van der Waals surface area contributed by atoms with Crippen LogP contribution in [0.3, 0.4) is 0 Å². The summed E-state index contributed by atoms with van der Waals surface area (Å²) in [5.41, 5.74) is 2.44. The molecule has 3 heterocycles. The molecule has 0 aromatic carbocycles. The zero-order chi connectivity index (χ0) is 14.7. The van der Waals surface area contributed by atoms with Crippen molar-refractivity contribution in [3.63, 3.8) is 0 Å². The number of ether oxygens (including phenoxy) is 1. The van der Waals surface area contributed by atoms with Crippen LogP contribution in [0, 0.1) is 0 Å². The van der Waals surface area contributed by atoms with Gasteiger partial charge in [-0.05, 0) is 18.2 Å². The molecule has 1 N–H and O–H groups in total. The SMILES string of the molecule is CNc1ccc(-c2nc3ccc(OCCF)nc3o2)nc1. The number of oxazole rings is 1. The van der Waals surface area contributed by atoms with Crippen LogP contribution in [0.2, 0.25) is 0 Å². The Morgan fingerprint density at radius 2 is 2.14 bits per heavy atom. The van der Waals surface area contributed by atoms with Crippen LogP contribution in [0.1, 0.15) is 0 Å². The Hall–Kier alpha value is -2.70. The average Bonchev–Trinajstić information content (AvgIpc) is 2.96. The third-order valence-corrected chi connectivity index (χ3v) is 2.83. The Kier molecular flexibility index (Phi) is 3.63. The molecule has 0 fully saturated rings. The van der Waals surface area contributed by atoms with Gasteiger partial charge in [0.25, 0.3) is 5.71 Å². The fourth-order valence-corrected chi connectivity index (χ4v) is 1.80. The molecule has 108 valence electrons. The lowest BCUT2D eigenvalue weighted by atomic mass is 10.3. The summed E-state index contributed by atoms with van der Waals surface area (Å²) < 4.78 is 22.8. The molecule has 0 atom stereocenters. The number of nitrogens with one attached hydrogen (secondary N) is 1. The van der Waals surface area contributed by atoms with E-state index in [4.69, 9.17) is 9.15 Å². The minimum atomic E-state index is -0.566. The molecular formula is C14H13FN4O2. The molecule has 0 radical (unpaired) electrons. The van der Waals surface area contributed by atoms with Crippen LogP contribution in [-0.2, 0) is 0 Å². The molecule has 0 saturated carbocycles. The lowest BCUT2D eigenvalue weighted by Crippen LogP contribution is -1.99. The molecule has 3 aromatic rings. The maximum Gasteiger partial charge on any atom is 0.250 e. The molecule has 0 bridgehead atoms. The van der Waals surface area contributed by atoms with E-state index in [1.54, 1.807) is 24.4 Å². The van der Waals surface area contributed by atoms with Gasteiger partial charge in [-0.15, -0.1) is 0 Å². The van der Waals surface area contributed by atoms with Gasteiger partial charge in [0.15, 0.2) is 0 Å². The monoisotopic (exact) mass is 288 g/mol. The Morgan fingerprint density at radius 3 is 2.86 bits per heavy atom. The number of anilines is 1. The fraction of sp³-hybridized carbons (Fsp3) is 0.214. The van der Waals surface area contributed by atoms with E-state index in [1.807, 2.05) is 13.1 Å². The summed E-state index contributed by atoms with van der Waals surface area (Å²) in [7, 11) is 1.82. The first kappa shape index (κ1) is 13.3. The smallest absolute Gasteiger partial charge is 0.250 e. The van der Waals surface area contributed by atoms with Crippen LogP contribution >= 0.6 is 0 Å². The van der Waals surface area contributed by atoms with Gasteiger partial charge in [-0.2, -0.15) is 4.98 Å². The van der Waals surface area contributed by atoms with Gasteiger partial charge in [-0.1, -0.05) is 0 Å². The summed E-state index contributed by atoms with van der Waals surface area (Å²) in [6, 6.07) is 7.02. The highest BCUT2D eigenvalue weighted by molar-refractivity contribution is 5.72. The zero-order valence-corrected chi connectivity index (χ0v) is 11.3. The Morgan fingerprint density at radius 1 is 1.24 bits per heavy atom. The quantitative estimate of drug-likeness (QED) is 0.778. The van der Waals surface area contributed by atoms with Crippen LogP contribution in [0.4, 0.5) is 10.1 Å². The van der Waals surface area contributed by atoms with Gasteiger partial charge < -0.3 is 14.5 Å². The van der Waals surface area contributed by atoms with Crippen molar-refractivity contribution in [2.45, 2.75) is 0 Å².